The number of aryl methyl sites for hydroxylation is 3. The average molecular weight is 436 g/mol. The summed E-state index contributed by atoms with van der Waals surface area (Å²) in [6.07, 6.45) is 0.866. The maximum Gasteiger partial charge on any atom is 0.350 e. The first-order valence-corrected chi connectivity index (χ1v) is 11.4. The van der Waals surface area contributed by atoms with Gasteiger partial charge in [0.05, 0.1) is 11.7 Å². The maximum atomic E-state index is 12.8. The van der Waals surface area contributed by atoms with Crippen LogP contribution in [0.15, 0.2) is 41.2 Å². The van der Waals surface area contributed by atoms with Crippen molar-refractivity contribution in [1.82, 2.24) is 14.3 Å². The van der Waals surface area contributed by atoms with Gasteiger partial charge >= 0.3 is 5.69 Å². The summed E-state index contributed by atoms with van der Waals surface area (Å²) in [5.41, 5.74) is 4.92. The summed E-state index contributed by atoms with van der Waals surface area (Å²) in [6, 6.07) is 12.4. The van der Waals surface area contributed by atoms with Gasteiger partial charge in [-0.3, -0.25) is 0 Å². The van der Waals surface area contributed by atoms with Gasteiger partial charge in [-0.1, -0.05) is 6.92 Å². The largest absolute Gasteiger partial charge is 0.507 e. The molecule has 0 bridgehead atoms. The number of nitrogens with zero attached hydrogens (tertiary/aromatic N) is 5. The molecule has 1 aliphatic heterocycles. The molecule has 1 aromatic heterocycles. The first-order chi connectivity index (χ1) is 15.3. The minimum atomic E-state index is -0.0855. The molecule has 1 aliphatic rings. The standard InChI is InChI=1S/C25H33N5O2/c1-6-19(4)30-25(32)29(20(5)26-30)22-9-7-21(8-10-22)27-11-13-28(14-12-27)23-15-17(2)24(31)18(3)16-23/h7-10,15-16,19,31H,6,11-14H2,1-5H3. The summed E-state index contributed by atoms with van der Waals surface area (Å²) in [5, 5.41) is 14.5. The smallest absolute Gasteiger partial charge is 0.350 e. The number of rotatable bonds is 5. The van der Waals surface area contributed by atoms with Crippen LogP contribution in [0.5, 0.6) is 5.75 Å². The molecule has 7 nitrogen and oxygen atoms in total. The number of aromatic nitrogens is 3. The number of anilines is 2. The summed E-state index contributed by atoms with van der Waals surface area (Å²) in [7, 11) is 0. The Bertz CT molecular complexity index is 1130. The van der Waals surface area contributed by atoms with Gasteiger partial charge in [-0.05, 0) is 81.6 Å². The quantitative estimate of drug-likeness (QED) is 0.657. The summed E-state index contributed by atoms with van der Waals surface area (Å²) in [5.74, 6) is 1.09. The van der Waals surface area contributed by atoms with E-state index in [-0.39, 0.29) is 11.7 Å². The van der Waals surface area contributed by atoms with Crippen molar-refractivity contribution >= 4 is 11.4 Å². The fourth-order valence-electron chi connectivity index (χ4n) is 4.39. The van der Waals surface area contributed by atoms with Gasteiger partial charge in [0, 0.05) is 37.6 Å². The van der Waals surface area contributed by atoms with E-state index in [1.165, 1.54) is 5.69 Å². The van der Waals surface area contributed by atoms with Crippen molar-refractivity contribution in [3.8, 4) is 11.4 Å². The van der Waals surface area contributed by atoms with Crippen LogP contribution in [-0.2, 0) is 0 Å². The first-order valence-electron chi connectivity index (χ1n) is 11.4. The minimum absolute atomic E-state index is 0.0826. The van der Waals surface area contributed by atoms with Crippen LogP contribution in [0.4, 0.5) is 11.4 Å². The summed E-state index contributed by atoms with van der Waals surface area (Å²) in [6.45, 7) is 13.5. The van der Waals surface area contributed by atoms with Crippen LogP contribution >= 0.6 is 0 Å². The van der Waals surface area contributed by atoms with Crippen molar-refractivity contribution in [1.29, 1.82) is 0 Å². The van der Waals surface area contributed by atoms with Crippen LogP contribution in [0.1, 0.15) is 43.3 Å². The molecule has 4 rings (SSSR count). The van der Waals surface area contributed by atoms with E-state index in [1.807, 2.05) is 39.8 Å². The molecule has 2 aromatic carbocycles. The zero-order valence-corrected chi connectivity index (χ0v) is 19.7. The Balaban J connectivity index is 1.47. The zero-order valence-electron chi connectivity index (χ0n) is 19.7. The van der Waals surface area contributed by atoms with E-state index in [0.717, 1.165) is 55.1 Å². The maximum absolute atomic E-state index is 12.8. The molecule has 0 aliphatic carbocycles. The van der Waals surface area contributed by atoms with E-state index in [2.05, 4.69) is 46.1 Å². The highest BCUT2D eigenvalue weighted by Crippen LogP contribution is 2.29. The van der Waals surface area contributed by atoms with Crippen molar-refractivity contribution < 1.29 is 5.11 Å². The third-order valence-corrected chi connectivity index (χ3v) is 6.57. The second-order valence-electron chi connectivity index (χ2n) is 8.79. The second kappa shape index (κ2) is 8.73. The number of phenolic OH excluding ortho intramolecular Hbond substituents is 1. The zero-order chi connectivity index (χ0) is 23.0. The average Bonchev–Trinajstić information content (AvgIpc) is 3.10. The van der Waals surface area contributed by atoms with E-state index < -0.39 is 0 Å². The van der Waals surface area contributed by atoms with Crippen LogP contribution in [-0.4, -0.2) is 45.6 Å². The van der Waals surface area contributed by atoms with Gasteiger partial charge in [-0.15, -0.1) is 0 Å². The fraction of sp³-hybridized carbons (Fsp3) is 0.440. The molecule has 1 atom stereocenters. The number of benzene rings is 2. The SMILES string of the molecule is CCC(C)n1nc(C)n(-c2ccc(N3CCN(c4cc(C)c(O)c(C)c4)CC3)cc2)c1=O. The van der Waals surface area contributed by atoms with E-state index in [4.69, 9.17) is 0 Å². The van der Waals surface area contributed by atoms with Crippen LogP contribution in [0, 0.1) is 20.8 Å². The van der Waals surface area contributed by atoms with Crippen molar-refractivity contribution in [2.24, 2.45) is 0 Å². The Hall–Kier alpha value is -3.22. The van der Waals surface area contributed by atoms with Gasteiger partial charge in [0.15, 0.2) is 0 Å². The number of piperazine rings is 1. The Kier molecular flexibility index (Phi) is 6.00. The Morgan fingerprint density at radius 2 is 1.41 bits per heavy atom. The van der Waals surface area contributed by atoms with E-state index in [1.54, 1.807) is 9.25 Å². The van der Waals surface area contributed by atoms with Crippen molar-refractivity contribution in [3.05, 3.63) is 63.8 Å². The topological polar surface area (TPSA) is 66.5 Å². The molecule has 1 saturated heterocycles. The molecule has 1 N–H and O–H groups in total. The van der Waals surface area contributed by atoms with Gasteiger partial charge in [0.2, 0.25) is 0 Å². The van der Waals surface area contributed by atoms with Crippen LogP contribution in [0.25, 0.3) is 5.69 Å². The van der Waals surface area contributed by atoms with Gasteiger partial charge < -0.3 is 14.9 Å². The van der Waals surface area contributed by atoms with Gasteiger partial charge in [0.25, 0.3) is 0 Å². The predicted octanol–water partition coefficient (Wildman–Crippen LogP) is 3.96. The third kappa shape index (κ3) is 3.99. The summed E-state index contributed by atoms with van der Waals surface area (Å²) in [4.78, 5) is 17.6. The number of phenols is 1. The van der Waals surface area contributed by atoms with Crippen LogP contribution in [0.2, 0.25) is 0 Å². The lowest BCUT2D eigenvalue weighted by atomic mass is 10.1. The highest BCUT2D eigenvalue weighted by atomic mass is 16.3. The van der Waals surface area contributed by atoms with Gasteiger partial charge in [0.1, 0.15) is 11.6 Å². The molecule has 32 heavy (non-hydrogen) atoms. The second-order valence-corrected chi connectivity index (χ2v) is 8.79. The van der Waals surface area contributed by atoms with E-state index >= 15 is 0 Å². The van der Waals surface area contributed by atoms with Crippen LogP contribution < -0.4 is 15.5 Å². The molecule has 0 amide bonds. The van der Waals surface area contributed by atoms with Crippen molar-refractivity contribution in [2.45, 2.75) is 47.1 Å². The summed E-state index contributed by atoms with van der Waals surface area (Å²) < 4.78 is 3.26. The van der Waals surface area contributed by atoms with Crippen molar-refractivity contribution in [2.75, 3.05) is 36.0 Å². The predicted molar refractivity (Wildman–Crippen MR) is 130 cm³/mol. The molecule has 170 valence electrons. The lowest BCUT2D eigenvalue weighted by Crippen LogP contribution is -2.46. The molecule has 7 heteroatoms. The molecule has 2 heterocycles. The first kappa shape index (κ1) is 22.0. The summed E-state index contributed by atoms with van der Waals surface area (Å²) >= 11 is 0. The monoisotopic (exact) mass is 435 g/mol. The molecular formula is C25H33N5O2. The van der Waals surface area contributed by atoms with E-state index in [9.17, 15) is 9.90 Å². The molecule has 0 spiro atoms. The number of hydrogen-bond donors (Lipinski definition) is 1. The number of hydrogen-bond acceptors (Lipinski definition) is 5. The Morgan fingerprint density at radius 1 is 0.906 bits per heavy atom. The normalized spacial score (nSPS) is 15.3. The van der Waals surface area contributed by atoms with Gasteiger partial charge in [-0.25, -0.2) is 14.0 Å². The number of aromatic hydroxyl groups is 1. The Morgan fingerprint density at radius 3 is 1.94 bits per heavy atom. The lowest BCUT2D eigenvalue weighted by Gasteiger charge is -2.37. The minimum Gasteiger partial charge on any atom is -0.507 e. The van der Waals surface area contributed by atoms with Crippen LogP contribution in [0.3, 0.4) is 0 Å². The highest BCUT2D eigenvalue weighted by molar-refractivity contribution is 5.58. The Labute approximate surface area is 189 Å². The fourth-order valence-corrected chi connectivity index (χ4v) is 4.39. The van der Waals surface area contributed by atoms with E-state index in [0.29, 0.717) is 11.6 Å². The third-order valence-electron chi connectivity index (χ3n) is 6.57. The molecule has 3 aromatic rings. The lowest BCUT2D eigenvalue weighted by molar-refractivity contribution is 0.459. The van der Waals surface area contributed by atoms with Gasteiger partial charge in [-0.2, -0.15) is 5.10 Å². The molecule has 1 fully saturated rings. The molecular weight excluding hydrogens is 402 g/mol. The molecule has 1 unspecified atom stereocenters. The highest BCUT2D eigenvalue weighted by Gasteiger charge is 2.20. The molecule has 0 saturated carbocycles. The molecule has 0 radical (unpaired) electrons. The van der Waals surface area contributed by atoms with Crippen molar-refractivity contribution in [3.63, 3.8) is 0 Å².